The molecule has 0 saturated carbocycles. The van der Waals surface area contributed by atoms with Gasteiger partial charge in [-0.2, -0.15) is 4.31 Å². The molecule has 0 unspecified atom stereocenters. The van der Waals surface area contributed by atoms with Crippen molar-refractivity contribution in [2.24, 2.45) is 0 Å². The molecule has 2 aromatic carbocycles. The number of anilines is 1. The number of amides is 2. The summed E-state index contributed by atoms with van der Waals surface area (Å²) in [5.41, 5.74) is 1.66. The van der Waals surface area contributed by atoms with Crippen LogP contribution in [0.15, 0.2) is 53.4 Å². The van der Waals surface area contributed by atoms with Crippen LogP contribution in [0.2, 0.25) is 0 Å². The molecule has 2 heterocycles. The zero-order valence-electron chi connectivity index (χ0n) is 18.9. The number of aryl methyl sites for hydroxylation is 1. The van der Waals surface area contributed by atoms with E-state index in [1.54, 1.807) is 41.0 Å². The van der Waals surface area contributed by atoms with Crippen LogP contribution in [0.25, 0.3) is 0 Å². The van der Waals surface area contributed by atoms with E-state index < -0.39 is 16.1 Å². The van der Waals surface area contributed by atoms with Crippen LogP contribution < -0.4 is 9.64 Å². The maximum Gasteiger partial charge on any atom is 0.267 e. The molecule has 2 amide bonds. The summed E-state index contributed by atoms with van der Waals surface area (Å²) in [7, 11) is -3.60. The first-order valence-corrected chi connectivity index (χ1v) is 12.6. The van der Waals surface area contributed by atoms with Crippen molar-refractivity contribution in [3.8, 4) is 5.75 Å². The largest absolute Gasteiger partial charge is 0.479 e. The van der Waals surface area contributed by atoms with E-state index in [9.17, 15) is 18.0 Å². The average molecular weight is 472 g/mol. The Labute approximate surface area is 194 Å². The standard InChI is InChI=1S/C24H29N3O5S/c1-18-8-10-20(11-9-18)33(30,31)26-14-5-13-25(16-17-26)23(28)12-15-27-21-6-3-4-7-22(21)32-19(2)24(27)29/h3-4,6-11,19H,5,12-17H2,1-2H3/t19-/m0/s1. The van der Waals surface area contributed by atoms with Gasteiger partial charge in [-0.3, -0.25) is 9.59 Å². The van der Waals surface area contributed by atoms with Crippen LogP contribution in [0.4, 0.5) is 5.69 Å². The fourth-order valence-corrected chi connectivity index (χ4v) is 5.67. The van der Waals surface area contributed by atoms with Crippen molar-refractivity contribution >= 4 is 27.5 Å². The summed E-state index contributed by atoms with van der Waals surface area (Å²) in [6.45, 7) is 5.30. The maximum atomic E-state index is 13.0. The van der Waals surface area contributed by atoms with Crippen molar-refractivity contribution < 1.29 is 22.7 Å². The van der Waals surface area contributed by atoms with Gasteiger partial charge in [-0.1, -0.05) is 29.8 Å². The quantitative estimate of drug-likeness (QED) is 0.669. The van der Waals surface area contributed by atoms with Gasteiger partial charge in [0.2, 0.25) is 15.9 Å². The zero-order valence-corrected chi connectivity index (χ0v) is 19.8. The van der Waals surface area contributed by atoms with Crippen LogP contribution in [-0.2, 0) is 19.6 Å². The third kappa shape index (κ3) is 4.89. The van der Waals surface area contributed by atoms with E-state index in [1.165, 1.54) is 4.31 Å². The van der Waals surface area contributed by atoms with E-state index in [-0.39, 0.29) is 36.2 Å². The van der Waals surface area contributed by atoms with Crippen LogP contribution in [-0.4, -0.2) is 68.3 Å². The molecule has 0 N–H and O–H groups in total. The number of carbonyl (C=O) groups is 2. The van der Waals surface area contributed by atoms with E-state index in [4.69, 9.17) is 4.74 Å². The second-order valence-corrected chi connectivity index (χ2v) is 10.4. The predicted molar refractivity (Wildman–Crippen MR) is 125 cm³/mol. The highest BCUT2D eigenvalue weighted by Gasteiger charge is 2.32. The number of hydrogen-bond acceptors (Lipinski definition) is 5. The lowest BCUT2D eigenvalue weighted by Gasteiger charge is -2.33. The third-order valence-electron chi connectivity index (χ3n) is 6.09. The molecule has 1 saturated heterocycles. The molecule has 2 aromatic rings. The molecule has 0 spiro atoms. The second kappa shape index (κ2) is 9.52. The number of rotatable bonds is 5. The minimum atomic E-state index is -3.60. The number of fused-ring (bicyclic) bond motifs is 1. The van der Waals surface area contributed by atoms with E-state index >= 15 is 0 Å². The number of ether oxygens (including phenoxy) is 1. The summed E-state index contributed by atoms with van der Waals surface area (Å²) >= 11 is 0. The van der Waals surface area contributed by atoms with E-state index in [0.29, 0.717) is 37.5 Å². The smallest absolute Gasteiger partial charge is 0.267 e. The first kappa shape index (κ1) is 23.3. The van der Waals surface area contributed by atoms with Gasteiger partial charge in [0.05, 0.1) is 10.6 Å². The van der Waals surface area contributed by atoms with E-state index in [0.717, 1.165) is 5.56 Å². The molecule has 2 aliphatic rings. The van der Waals surface area contributed by atoms with Gasteiger partial charge in [0.1, 0.15) is 5.75 Å². The fraction of sp³-hybridized carbons (Fsp3) is 0.417. The highest BCUT2D eigenvalue weighted by molar-refractivity contribution is 7.89. The highest BCUT2D eigenvalue weighted by Crippen LogP contribution is 2.33. The number of nitrogens with zero attached hydrogens (tertiary/aromatic N) is 3. The predicted octanol–water partition coefficient (Wildman–Crippen LogP) is 2.42. The first-order chi connectivity index (χ1) is 15.8. The minimum Gasteiger partial charge on any atom is -0.479 e. The Morgan fingerprint density at radius 1 is 1.03 bits per heavy atom. The maximum absolute atomic E-state index is 13.0. The lowest BCUT2D eigenvalue weighted by molar-refractivity contribution is -0.131. The molecule has 33 heavy (non-hydrogen) atoms. The van der Waals surface area contributed by atoms with Crippen molar-refractivity contribution in [3.63, 3.8) is 0 Å². The van der Waals surface area contributed by atoms with Gasteiger partial charge in [0, 0.05) is 39.1 Å². The number of benzene rings is 2. The number of hydrogen-bond donors (Lipinski definition) is 0. The molecule has 0 bridgehead atoms. The topological polar surface area (TPSA) is 87.2 Å². The van der Waals surface area contributed by atoms with Crippen molar-refractivity contribution in [2.75, 3.05) is 37.6 Å². The molecule has 1 fully saturated rings. The van der Waals surface area contributed by atoms with Gasteiger partial charge in [-0.05, 0) is 44.5 Å². The first-order valence-electron chi connectivity index (χ1n) is 11.2. The van der Waals surface area contributed by atoms with E-state index in [1.807, 2.05) is 31.2 Å². The van der Waals surface area contributed by atoms with Crippen LogP contribution in [0.3, 0.4) is 0 Å². The molecule has 0 aliphatic carbocycles. The van der Waals surface area contributed by atoms with Crippen molar-refractivity contribution in [3.05, 3.63) is 54.1 Å². The molecule has 4 rings (SSSR count). The van der Waals surface area contributed by atoms with Crippen LogP contribution in [0.1, 0.15) is 25.3 Å². The minimum absolute atomic E-state index is 0.0889. The third-order valence-corrected chi connectivity index (χ3v) is 8.00. The zero-order chi connectivity index (χ0) is 23.6. The number of para-hydroxylation sites is 2. The monoisotopic (exact) mass is 471 g/mol. The fourth-order valence-electron chi connectivity index (χ4n) is 4.20. The molecule has 8 nitrogen and oxygen atoms in total. The number of sulfonamides is 1. The van der Waals surface area contributed by atoms with Gasteiger partial charge in [-0.15, -0.1) is 0 Å². The van der Waals surface area contributed by atoms with Gasteiger partial charge >= 0.3 is 0 Å². The molecule has 2 aliphatic heterocycles. The molecule has 0 radical (unpaired) electrons. The summed E-state index contributed by atoms with van der Waals surface area (Å²) in [5, 5.41) is 0. The second-order valence-electron chi connectivity index (χ2n) is 8.42. The Morgan fingerprint density at radius 2 is 1.76 bits per heavy atom. The Bertz CT molecular complexity index is 1130. The molecule has 1 atom stereocenters. The average Bonchev–Trinajstić information content (AvgIpc) is 3.06. The SMILES string of the molecule is Cc1ccc(S(=O)(=O)N2CCCN(C(=O)CCN3C(=O)[C@H](C)Oc4ccccc43)CC2)cc1. The summed E-state index contributed by atoms with van der Waals surface area (Å²) < 4.78 is 33.1. The number of carbonyl (C=O) groups excluding carboxylic acids is 2. The van der Waals surface area contributed by atoms with Gasteiger partial charge in [0.15, 0.2) is 6.10 Å². The summed E-state index contributed by atoms with van der Waals surface area (Å²) in [4.78, 5) is 29.2. The molecule has 176 valence electrons. The van der Waals surface area contributed by atoms with Gasteiger partial charge in [-0.25, -0.2) is 8.42 Å². The molecular formula is C24H29N3O5S. The lowest BCUT2D eigenvalue weighted by atomic mass is 10.1. The molecule has 9 heteroatoms. The van der Waals surface area contributed by atoms with Crippen molar-refractivity contribution in [1.82, 2.24) is 9.21 Å². The van der Waals surface area contributed by atoms with E-state index in [2.05, 4.69) is 0 Å². The summed E-state index contributed by atoms with van der Waals surface area (Å²) in [5.74, 6) is 0.366. The van der Waals surface area contributed by atoms with Gasteiger partial charge in [0.25, 0.3) is 5.91 Å². The van der Waals surface area contributed by atoms with Crippen LogP contribution >= 0.6 is 0 Å². The molecular weight excluding hydrogens is 442 g/mol. The van der Waals surface area contributed by atoms with Crippen molar-refractivity contribution in [1.29, 1.82) is 0 Å². The molecule has 0 aromatic heterocycles. The van der Waals surface area contributed by atoms with Crippen molar-refractivity contribution in [2.45, 2.75) is 37.7 Å². The van der Waals surface area contributed by atoms with Crippen LogP contribution in [0.5, 0.6) is 5.75 Å². The Hall–Kier alpha value is -2.91. The lowest BCUT2D eigenvalue weighted by Crippen LogP contribution is -2.46. The Morgan fingerprint density at radius 3 is 2.52 bits per heavy atom. The summed E-state index contributed by atoms with van der Waals surface area (Å²) in [6, 6.07) is 14.1. The normalized spacial score (nSPS) is 19.6. The highest BCUT2D eigenvalue weighted by atomic mass is 32.2. The Balaban J connectivity index is 1.38. The van der Waals surface area contributed by atoms with Crippen LogP contribution in [0, 0.1) is 6.92 Å². The Kier molecular flexibility index (Phi) is 6.71. The van der Waals surface area contributed by atoms with Gasteiger partial charge < -0.3 is 14.5 Å². The summed E-state index contributed by atoms with van der Waals surface area (Å²) in [6.07, 6.45) is 0.124.